The molecule has 17 heavy (non-hydrogen) atoms. The lowest BCUT2D eigenvalue weighted by molar-refractivity contribution is 0.600. The molecule has 0 aliphatic rings. The van der Waals surface area contributed by atoms with Gasteiger partial charge in [-0.3, -0.25) is 4.72 Å². The molecule has 0 saturated heterocycles. The summed E-state index contributed by atoms with van der Waals surface area (Å²) in [7, 11) is -3.49. The van der Waals surface area contributed by atoms with Gasteiger partial charge in [-0.05, 0) is 17.7 Å². The number of benzene rings is 1. The van der Waals surface area contributed by atoms with Crippen molar-refractivity contribution in [2.75, 3.05) is 4.72 Å². The van der Waals surface area contributed by atoms with Crippen molar-refractivity contribution < 1.29 is 12.8 Å². The fourth-order valence-corrected chi connectivity index (χ4v) is 3.21. The molecule has 0 saturated carbocycles. The van der Waals surface area contributed by atoms with Gasteiger partial charge in [-0.25, -0.2) is 17.8 Å². The summed E-state index contributed by atoms with van der Waals surface area (Å²) in [4.78, 5) is 3.83. The Labute approximate surface area is 102 Å². The fourth-order valence-electron chi connectivity index (χ4n) is 1.24. The van der Waals surface area contributed by atoms with Crippen LogP contribution in [-0.2, 0) is 15.8 Å². The normalized spacial score (nSPS) is 11.4. The van der Waals surface area contributed by atoms with E-state index < -0.39 is 10.0 Å². The number of halogens is 1. The summed E-state index contributed by atoms with van der Waals surface area (Å²) in [5.41, 5.74) is 0.524. The van der Waals surface area contributed by atoms with Crippen LogP contribution in [0.2, 0.25) is 0 Å². The summed E-state index contributed by atoms with van der Waals surface area (Å²) in [6.45, 7) is 0. The van der Waals surface area contributed by atoms with Gasteiger partial charge in [0.05, 0.1) is 5.75 Å². The number of nitrogens with zero attached hydrogens (tertiary/aromatic N) is 1. The molecule has 0 unspecified atom stereocenters. The van der Waals surface area contributed by atoms with E-state index in [4.69, 9.17) is 0 Å². The highest BCUT2D eigenvalue weighted by Gasteiger charge is 2.12. The largest absolute Gasteiger partial charge is 0.258 e. The lowest BCUT2D eigenvalue weighted by atomic mass is 10.2. The van der Waals surface area contributed by atoms with E-state index in [1.54, 1.807) is 5.38 Å². The van der Waals surface area contributed by atoms with Crippen molar-refractivity contribution >= 4 is 26.5 Å². The first kappa shape index (κ1) is 12.0. The molecule has 0 aliphatic carbocycles. The van der Waals surface area contributed by atoms with Crippen LogP contribution in [0.15, 0.2) is 35.8 Å². The monoisotopic (exact) mass is 272 g/mol. The molecule has 1 N–H and O–H groups in total. The van der Waals surface area contributed by atoms with Gasteiger partial charge in [0.25, 0.3) is 0 Å². The smallest absolute Gasteiger partial charge is 0.238 e. The highest BCUT2D eigenvalue weighted by atomic mass is 32.2. The molecular formula is C10H9FN2O2S2. The Kier molecular flexibility index (Phi) is 3.39. The van der Waals surface area contributed by atoms with E-state index in [9.17, 15) is 12.8 Å². The molecule has 2 rings (SSSR count). The molecular weight excluding hydrogens is 263 g/mol. The topological polar surface area (TPSA) is 59.1 Å². The Morgan fingerprint density at radius 3 is 2.59 bits per heavy atom. The predicted molar refractivity (Wildman–Crippen MR) is 64.8 cm³/mol. The highest BCUT2D eigenvalue weighted by Crippen LogP contribution is 2.15. The van der Waals surface area contributed by atoms with E-state index in [0.29, 0.717) is 10.7 Å². The van der Waals surface area contributed by atoms with Crippen LogP contribution >= 0.6 is 11.3 Å². The minimum Gasteiger partial charge on any atom is -0.258 e. The van der Waals surface area contributed by atoms with Crippen molar-refractivity contribution in [2.45, 2.75) is 5.75 Å². The maximum absolute atomic E-state index is 12.7. The van der Waals surface area contributed by atoms with Gasteiger partial charge in [0, 0.05) is 11.6 Å². The Bertz CT molecular complexity index is 579. The van der Waals surface area contributed by atoms with Crippen molar-refractivity contribution in [3.63, 3.8) is 0 Å². The average Bonchev–Trinajstić information content (AvgIpc) is 2.73. The minimum atomic E-state index is -3.49. The molecule has 1 aromatic heterocycles. The lowest BCUT2D eigenvalue weighted by Gasteiger charge is -2.04. The number of nitrogens with one attached hydrogen (secondary N) is 1. The summed E-state index contributed by atoms with van der Waals surface area (Å²) >= 11 is 1.20. The third kappa shape index (κ3) is 3.50. The molecule has 90 valence electrons. The summed E-state index contributed by atoms with van der Waals surface area (Å²) in [6.07, 6.45) is 1.51. The fraction of sp³-hybridized carbons (Fsp3) is 0.100. The third-order valence-corrected chi connectivity index (χ3v) is 3.98. The number of sulfonamides is 1. The number of hydrogen-bond donors (Lipinski definition) is 1. The van der Waals surface area contributed by atoms with Gasteiger partial charge in [0.1, 0.15) is 5.82 Å². The molecule has 0 fully saturated rings. The Morgan fingerprint density at radius 2 is 2.00 bits per heavy atom. The average molecular weight is 272 g/mol. The van der Waals surface area contributed by atoms with Crippen LogP contribution in [0.5, 0.6) is 0 Å². The summed E-state index contributed by atoms with van der Waals surface area (Å²) in [5.74, 6) is -0.591. The number of thiazole rings is 1. The first-order valence-electron chi connectivity index (χ1n) is 4.70. The number of aromatic nitrogens is 1. The van der Waals surface area contributed by atoms with Crippen molar-refractivity contribution in [3.8, 4) is 0 Å². The van der Waals surface area contributed by atoms with Crippen LogP contribution in [0, 0.1) is 5.82 Å². The minimum absolute atomic E-state index is 0.202. The van der Waals surface area contributed by atoms with E-state index in [0.717, 1.165) is 0 Å². The van der Waals surface area contributed by atoms with E-state index in [1.807, 2.05) is 0 Å². The van der Waals surface area contributed by atoms with Crippen LogP contribution in [0.1, 0.15) is 5.56 Å². The standard InChI is InChI=1S/C10H9FN2O2S2/c11-9-3-1-8(2-4-9)7-17(14,15)13-10-12-5-6-16-10/h1-6H,7H2,(H,12,13). The molecule has 4 nitrogen and oxygen atoms in total. The second-order valence-corrected chi connectivity index (χ2v) is 5.94. The van der Waals surface area contributed by atoms with Gasteiger partial charge >= 0.3 is 0 Å². The molecule has 0 radical (unpaired) electrons. The van der Waals surface area contributed by atoms with Gasteiger partial charge < -0.3 is 0 Å². The van der Waals surface area contributed by atoms with E-state index >= 15 is 0 Å². The molecule has 0 amide bonds. The molecule has 1 aromatic carbocycles. The van der Waals surface area contributed by atoms with E-state index in [1.165, 1.54) is 41.8 Å². The second-order valence-electron chi connectivity index (χ2n) is 3.32. The van der Waals surface area contributed by atoms with Gasteiger partial charge in [-0.2, -0.15) is 0 Å². The number of rotatable bonds is 4. The zero-order valence-corrected chi connectivity index (χ0v) is 10.3. The predicted octanol–water partition coefficient (Wildman–Crippen LogP) is 2.22. The van der Waals surface area contributed by atoms with Crippen molar-refractivity contribution in [3.05, 3.63) is 47.2 Å². The van der Waals surface area contributed by atoms with Gasteiger partial charge in [-0.15, -0.1) is 11.3 Å². The van der Waals surface area contributed by atoms with Crippen molar-refractivity contribution in [1.82, 2.24) is 4.98 Å². The zero-order valence-electron chi connectivity index (χ0n) is 8.63. The Morgan fingerprint density at radius 1 is 1.29 bits per heavy atom. The third-order valence-electron chi connectivity index (χ3n) is 1.95. The highest BCUT2D eigenvalue weighted by molar-refractivity contribution is 7.92. The quantitative estimate of drug-likeness (QED) is 0.928. The number of hydrogen-bond acceptors (Lipinski definition) is 4. The van der Waals surface area contributed by atoms with Crippen LogP contribution in [-0.4, -0.2) is 13.4 Å². The zero-order chi connectivity index (χ0) is 12.3. The molecule has 7 heteroatoms. The van der Waals surface area contributed by atoms with Crippen LogP contribution < -0.4 is 4.72 Å². The van der Waals surface area contributed by atoms with Crippen LogP contribution in [0.25, 0.3) is 0 Å². The van der Waals surface area contributed by atoms with Gasteiger partial charge in [-0.1, -0.05) is 12.1 Å². The summed E-state index contributed by atoms with van der Waals surface area (Å²) in [6, 6.07) is 5.34. The SMILES string of the molecule is O=S(=O)(Cc1ccc(F)cc1)Nc1nccs1. The number of anilines is 1. The van der Waals surface area contributed by atoms with Gasteiger partial charge in [0.15, 0.2) is 5.13 Å². The van der Waals surface area contributed by atoms with E-state index in [2.05, 4.69) is 9.71 Å². The first-order chi connectivity index (χ1) is 8.05. The lowest BCUT2D eigenvalue weighted by Crippen LogP contribution is -2.14. The summed E-state index contributed by atoms with van der Waals surface area (Å²) in [5, 5.41) is 2.00. The van der Waals surface area contributed by atoms with Crippen molar-refractivity contribution in [1.29, 1.82) is 0 Å². The van der Waals surface area contributed by atoms with Crippen molar-refractivity contribution in [2.24, 2.45) is 0 Å². The molecule has 1 heterocycles. The van der Waals surface area contributed by atoms with Crippen LogP contribution in [0.3, 0.4) is 0 Å². The Balaban J connectivity index is 2.09. The second kappa shape index (κ2) is 4.80. The summed E-state index contributed by atoms with van der Waals surface area (Å²) < 4.78 is 38.4. The maximum Gasteiger partial charge on any atom is 0.238 e. The maximum atomic E-state index is 12.7. The Hall–Kier alpha value is -1.47. The molecule has 0 atom stereocenters. The molecule has 0 bridgehead atoms. The van der Waals surface area contributed by atoms with Crippen LogP contribution in [0.4, 0.5) is 9.52 Å². The molecule has 2 aromatic rings. The van der Waals surface area contributed by atoms with Gasteiger partial charge in [0.2, 0.25) is 10.0 Å². The molecule has 0 aliphatic heterocycles. The van der Waals surface area contributed by atoms with E-state index in [-0.39, 0.29) is 11.6 Å². The molecule has 0 spiro atoms. The first-order valence-corrected chi connectivity index (χ1v) is 7.23.